The molecule has 11 nitrogen and oxygen atoms in total. The summed E-state index contributed by atoms with van der Waals surface area (Å²) in [6.45, 7) is 0.984. The molecular formula is C44H35N7O4. The Kier molecular flexibility index (Phi) is 9.85. The fourth-order valence-corrected chi connectivity index (χ4v) is 7.10. The topological polar surface area (TPSA) is 136 Å². The van der Waals surface area contributed by atoms with Crippen molar-refractivity contribution in [2.75, 3.05) is 13.2 Å². The van der Waals surface area contributed by atoms with Gasteiger partial charge in [0.15, 0.2) is 11.4 Å². The van der Waals surface area contributed by atoms with Crippen molar-refractivity contribution >= 4 is 17.7 Å². The molecule has 55 heavy (non-hydrogen) atoms. The second-order valence-electron chi connectivity index (χ2n) is 13.2. The highest BCUT2D eigenvalue weighted by Crippen LogP contribution is 2.33. The largest absolute Gasteiger partial charge is 0.461 e. The third-order valence-electron chi connectivity index (χ3n) is 9.82. The van der Waals surface area contributed by atoms with Crippen LogP contribution in [0.25, 0.3) is 11.4 Å². The second kappa shape index (κ2) is 15.5. The summed E-state index contributed by atoms with van der Waals surface area (Å²) < 4.78 is 15.0. The summed E-state index contributed by atoms with van der Waals surface area (Å²) in [5.41, 5.74) is 9.22. The number of nitrogens with zero attached hydrogens (tertiary/aromatic N) is 6. The zero-order valence-corrected chi connectivity index (χ0v) is 29.8. The van der Waals surface area contributed by atoms with E-state index in [-0.39, 0.29) is 37.2 Å². The maximum atomic E-state index is 13.3. The number of terminal acetylenes is 1. The van der Waals surface area contributed by atoms with Gasteiger partial charge in [-0.1, -0.05) is 66.6 Å². The van der Waals surface area contributed by atoms with Crippen LogP contribution in [0.4, 0.5) is 0 Å². The van der Waals surface area contributed by atoms with E-state index in [1.165, 1.54) is 0 Å². The van der Waals surface area contributed by atoms with Crippen LogP contribution in [0.1, 0.15) is 91.0 Å². The molecule has 1 atom stereocenters. The Morgan fingerprint density at radius 2 is 1.42 bits per heavy atom. The predicted molar refractivity (Wildman–Crippen MR) is 205 cm³/mol. The number of carbonyl (C=O) groups excluding carboxylic acids is 2. The van der Waals surface area contributed by atoms with E-state index in [0.29, 0.717) is 42.8 Å². The van der Waals surface area contributed by atoms with Crippen LogP contribution in [0.2, 0.25) is 0 Å². The van der Waals surface area contributed by atoms with Gasteiger partial charge in [-0.25, -0.2) is 19.6 Å². The highest BCUT2D eigenvalue weighted by Gasteiger charge is 2.29. The molecule has 2 aromatic heterocycles. The fourth-order valence-electron chi connectivity index (χ4n) is 7.10. The van der Waals surface area contributed by atoms with Crippen molar-refractivity contribution in [3.05, 3.63) is 166 Å². The maximum absolute atomic E-state index is 13.3. The Morgan fingerprint density at radius 1 is 0.782 bits per heavy atom. The minimum Gasteiger partial charge on any atom is -0.461 e. The van der Waals surface area contributed by atoms with Crippen LogP contribution in [-0.2, 0) is 22.6 Å². The first-order chi connectivity index (χ1) is 27.0. The lowest BCUT2D eigenvalue weighted by Gasteiger charge is -2.19. The number of fused-ring (bicyclic) bond motifs is 6. The molecular weight excluding hydrogens is 691 g/mol. The molecule has 1 N–H and O–H groups in total. The number of unbranched alkanes of at least 4 members (excludes halogenated alkanes) is 2. The Balaban J connectivity index is 0.867. The number of nitriles is 1. The Morgan fingerprint density at radius 3 is 2.11 bits per heavy atom. The van der Waals surface area contributed by atoms with Crippen LogP contribution in [0.15, 0.2) is 115 Å². The van der Waals surface area contributed by atoms with Crippen molar-refractivity contribution < 1.29 is 19.1 Å². The van der Waals surface area contributed by atoms with Gasteiger partial charge in [-0.2, -0.15) is 5.26 Å². The molecule has 0 amide bonds. The minimum atomic E-state index is -0.533. The number of benzene rings is 4. The molecule has 1 unspecified atom stereocenters. The lowest BCUT2D eigenvalue weighted by molar-refractivity contribution is 0.0470. The lowest BCUT2D eigenvalue weighted by atomic mass is 9.95. The summed E-state index contributed by atoms with van der Waals surface area (Å²) in [6, 6.07) is 33.2. The summed E-state index contributed by atoms with van der Waals surface area (Å²) >= 11 is 0. The first-order valence-corrected chi connectivity index (χ1v) is 18.0. The smallest absolute Gasteiger partial charge is 0.358 e. The van der Waals surface area contributed by atoms with E-state index < -0.39 is 11.9 Å². The monoisotopic (exact) mass is 725 g/mol. The molecule has 4 aromatic carbocycles. The number of nitrogens with one attached hydrogen (secondary N) is 1. The molecule has 2 aliphatic rings. The SMILES string of the molecule is C#Cc1ccc2c(c1)C(c1ccccc1)NCc1c(C(=O)OCCCCCOC(=O)c3ncn4c3CN=C(c3ccccc3)c3cc(C#N)ccc3-4)ncn1-2. The molecule has 0 bridgehead atoms. The van der Waals surface area contributed by atoms with Gasteiger partial charge in [-0.05, 0) is 66.8 Å². The highest BCUT2D eigenvalue weighted by atomic mass is 16.5. The quantitative estimate of drug-likeness (QED) is 0.0944. The van der Waals surface area contributed by atoms with Gasteiger partial charge in [0, 0.05) is 23.2 Å². The first kappa shape index (κ1) is 35.0. The molecule has 0 radical (unpaired) electrons. The number of imidazole rings is 2. The van der Waals surface area contributed by atoms with Gasteiger partial charge in [0.25, 0.3) is 0 Å². The fraction of sp³-hybridized carbons (Fsp3) is 0.182. The summed E-state index contributed by atoms with van der Waals surface area (Å²) in [5, 5.41) is 13.2. The van der Waals surface area contributed by atoms with Crippen LogP contribution < -0.4 is 5.32 Å². The molecule has 0 saturated heterocycles. The van der Waals surface area contributed by atoms with Gasteiger partial charge in [-0.15, -0.1) is 6.42 Å². The molecule has 0 aliphatic carbocycles. The normalized spacial score (nSPS) is 14.0. The van der Waals surface area contributed by atoms with Crippen LogP contribution in [-0.4, -0.2) is 50.0 Å². The second-order valence-corrected chi connectivity index (χ2v) is 13.2. The zero-order valence-electron chi connectivity index (χ0n) is 29.8. The number of rotatable bonds is 10. The number of ether oxygens (including phenoxy) is 2. The molecule has 4 heterocycles. The number of aliphatic imine (C=N–C) groups is 1. The van der Waals surface area contributed by atoms with E-state index in [1.807, 2.05) is 88.0 Å². The molecule has 0 spiro atoms. The third kappa shape index (κ3) is 6.93. The van der Waals surface area contributed by atoms with Crippen molar-refractivity contribution in [2.45, 2.75) is 38.4 Å². The average molecular weight is 726 g/mol. The van der Waals surface area contributed by atoms with E-state index in [1.54, 1.807) is 18.7 Å². The number of esters is 2. The van der Waals surface area contributed by atoms with Crippen LogP contribution in [0.5, 0.6) is 0 Å². The van der Waals surface area contributed by atoms with E-state index in [2.05, 4.69) is 39.4 Å². The summed E-state index contributed by atoms with van der Waals surface area (Å²) in [6.07, 6.45) is 10.8. The number of aromatic nitrogens is 4. The number of hydrogen-bond acceptors (Lipinski definition) is 9. The predicted octanol–water partition coefficient (Wildman–Crippen LogP) is 6.64. The molecule has 0 saturated carbocycles. The minimum absolute atomic E-state index is 0.137. The van der Waals surface area contributed by atoms with Crippen molar-refractivity contribution in [3.63, 3.8) is 0 Å². The highest BCUT2D eigenvalue weighted by molar-refractivity contribution is 6.15. The van der Waals surface area contributed by atoms with Crippen LogP contribution >= 0.6 is 0 Å². The molecule has 11 heteroatoms. The summed E-state index contributed by atoms with van der Waals surface area (Å²) in [7, 11) is 0. The number of hydrogen-bond donors (Lipinski definition) is 1. The van der Waals surface area contributed by atoms with Crippen molar-refractivity contribution in [3.8, 4) is 29.8 Å². The van der Waals surface area contributed by atoms with E-state index in [0.717, 1.165) is 44.9 Å². The third-order valence-corrected chi connectivity index (χ3v) is 9.82. The summed E-state index contributed by atoms with van der Waals surface area (Å²) in [5.74, 6) is 1.70. The molecule has 270 valence electrons. The van der Waals surface area contributed by atoms with Crippen LogP contribution in [0, 0.1) is 23.7 Å². The Bertz CT molecular complexity index is 2520. The Hall–Kier alpha value is -7.08. The van der Waals surface area contributed by atoms with Crippen molar-refractivity contribution in [1.29, 1.82) is 5.26 Å². The average Bonchev–Trinajstić information content (AvgIpc) is 3.77. The molecule has 2 aliphatic heterocycles. The van der Waals surface area contributed by atoms with E-state index in [9.17, 15) is 14.9 Å². The van der Waals surface area contributed by atoms with E-state index >= 15 is 0 Å². The van der Waals surface area contributed by atoms with Gasteiger partial charge < -0.3 is 19.4 Å². The molecule has 6 aromatic rings. The van der Waals surface area contributed by atoms with Gasteiger partial charge >= 0.3 is 11.9 Å². The van der Waals surface area contributed by atoms with Crippen molar-refractivity contribution in [2.24, 2.45) is 4.99 Å². The summed E-state index contributed by atoms with van der Waals surface area (Å²) in [4.78, 5) is 40.2. The van der Waals surface area contributed by atoms with Gasteiger partial charge in [-0.3, -0.25) is 9.56 Å². The molecule has 8 rings (SSSR count). The van der Waals surface area contributed by atoms with E-state index in [4.69, 9.17) is 20.9 Å². The zero-order chi connectivity index (χ0) is 37.7. The molecule has 0 fully saturated rings. The lowest BCUT2D eigenvalue weighted by Crippen LogP contribution is -2.22. The van der Waals surface area contributed by atoms with Crippen molar-refractivity contribution in [1.82, 2.24) is 24.4 Å². The maximum Gasteiger partial charge on any atom is 0.358 e. The van der Waals surface area contributed by atoms with Gasteiger partial charge in [0.1, 0.15) is 12.7 Å². The van der Waals surface area contributed by atoms with Gasteiger partial charge in [0.05, 0.1) is 65.9 Å². The Labute approximate surface area is 317 Å². The van der Waals surface area contributed by atoms with Crippen LogP contribution in [0.3, 0.4) is 0 Å². The standard InChI is InChI=1S/C44H35N7O4/c1-2-29-16-18-35-33(22-29)39(31-12-6-3-7-13-31)46-25-37-41(48-27-50(35)37)43(52)54-20-10-5-11-21-55-44(53)42-38-26-47-40(32-14-8-4-9-15-32)34-23-30(24-45)17-19-36(34)51(38)28-49-42/h1,3-4,6-9,12-19,22-23,27-28,39,46H,5,10-11,20-21,25-26H2. The number of carbonyl (C=O) groups is 2. The first-order valence-electron chi connectivity index (χ1n) is 18.0. The van der Waals surface area contributed by atoms with Gasteiger partial charge in [0.2, 0.25) is 0 Å².